The maximum Gasteiger partial charge on any atom is 0.260 e. The molecular weight excluding hydrogens is 378 g/mol. The smallest absolute Gasteiger partial charge is 0.260 e. The van der Waals surface area contributed by atoms with Crippen molar-refractivity contribution >= 4 is 44.3 Å². The number of H-pyrrole nitrogens is 1. The maximum absolute atomic E-state index is 12.7. The molecule has 0 aliphatic heterocycles. The number of hydrogen-bond donors (Lipinski definition) is 1. The van der Waals surface area contributed by atoms with Crippen LogP contribution in [-0.2, 0) is 0 Å². The Bertz CT molecular complexity index is 1270. The van der Waals surface area contributed by atoms with Gasteiger partial charge in [0.2, 0.25) is 0 Å². The second kappa shape index (κ2) is 7.20. The van der Waals surface area contributed by atoms with E-state index in [9.17, 15) is 4.79 Å². The van der Waals surface area contributed by atoms with E-state index in [2.05, 4.69) is 16.0 Å². The second-order valence-electron chi connectivity index (χ2n) is 5.84. The van der Waals surface area contributed by atoms with Crippen molar-refractivity contribution in [1.29, 1.82) is 5.26 Å². The molecule has 0 aliphatic rings. The molecule has 27 heavy (non-hydrogen) atoms. The van der Waals surface area contributed by atoms with Crippen LogP contribution in [0.1, 0.15) is 17.0 Å². The molecule has 0 fully saturated rings. The third-order valence-electron chi connectivity index (χ3n) is 4.06. The number of fused-ring (bicyclic) bond motifs is 1. The Hall–Kier alpha value is -3.20. The molecule has 0 saturated heterocycles. The quantitative estimate of drug-likeness (QED) is 0.519. The average molecular weight is 390 g/mol. The van der Waals surface area contributed by atoms with E-state index in [1.165, 1.54) is 11.3 Å². The summed E-state index contributed by atoms with van der Waals surface area (Å²) < 4.78 is 0. The zero-order valence-corrected chi connectivity index (χ0v) is 15.5. The summed E-state index contributed by atoms with van der Waals surface area (Å²) >= 11 is 7.79. The SMILES string of the molecule is N#Cc1cccc(C=C(Cl)c2nc3scc(-c4ccccc4)c3c(=O)[nH]2)c1. The van der Waals surface area contributed by atoms with Crippen molar-refractivity contribution < 1.29 is 0 Å². The Morgan fingerprint density at radius 1 is 1.19 bits per heavy atom. The van der Waals surface area contributed by atoms with Gasteiger partial charge in [-0.25, -0.2) is 4.98 Å². The predicted molar refractivity (Wildman–Crippen MR) is 111 cm³/mol. The van der Waals surface area contributed by atoms with Crippen LogP contribution < -0.4 is 5.56 Å². The predicted octanol–water partition coefficient (Wildman–Crippen LogP) is 5.26. The number of halogens is 1. The van der Waals surface area contributed by atoms with Crippen molar-refractivity contribution in [2.45, 2.75) is 0 Å². The number of rotatable bonds is 3. The Kier molecular flexibility index (Phi) is 4.59. The number of thiophene rings is 1. The number of nitrogens with one attached hydrogen (secondary N) is 1. The van der Waals surface area contributed by atoms with E-state index in [-0.39, 0.29) is 5.56 Å². The van der Waals surface area contributed by atoms with Crippen LogP contribution in [0.3, 0.4) is 0 Å². The summed E-state index contributed by atoms with van der Waals surface area (Å²) in [4.78, 5) is 20.6. The van der Waals surface area contributed by atoms with Crippen LogP contribution in [0.4, 0.5) is 0 Å². The summed E-state index contributed by atoms with van der Waals surface area (Å²) in [6.45, 7) is 0. The minimum atomic E-state index is -0.229. The van der Waals surface area contributed by atoms with Crippen LogP contribution in [0.25, 0.3) is 32.5 Å². The van der Waals surface area contributed by atoms with Crippen molar-refractivity contribution in [3.8, 4) is 17.2 Å². The molecule has 0 aliphatic carbocycles. The molecule has 0 bridgehead atoms. The summed E-state index contributed by atoms with van der Waals surface area (Å²) in [6.07, 6.45) is 1.68. The van der Waals surface area contributed by atoms with Gasteiger partial charge in [0.05, 0.1) is 22.1 Å². The molecule has 2 heterocycles. The van der Waals surface area contributed by atoms with Gasteiger partial charge in [-0.3, -0.25) is 4.79 Å². The molecule has 0 unspecified atom stereocenters. The first-order valence-electron chi connectivity index (χ1n) is 8.10. The van der Waals surface area contributed by atoms with Gasteiger partial charge in [-0.15, -0.1) is 11.3 Å². The van der Waals surface area contributed by atoms with Crippen molar-refractivity contribution in [2.75, 3.05) is 0 Å². The fraction of sp³-hybridized carbons (Fsp3) is 0. The third-order valence-corrected chi connectivity index (χ3v) is 5.22. The Balaban J connectivity index is 1.79. The van der Waals surface area contributed by atoms with Gasteiger partial charge >= 0.3 is 0 Å². The van der Waals surface area contributed by atoms with Crippen molar-refractivity contribution in [3.05, 3.63) is 87.3 Å². The highest BCUT2D eigenvalue weighted by Gasteiger charge is 2.14. The Labute approximate surface area is 164 Å². The molecule has 6 heteroatoms. The number of aromatic amines is 1. The average Bonchev–Trinajstić information content (AvgIpc) is 3.13. The molecular formula is C21H12ClN3OS. The van der Waals surface area contributed by atoms with Gasteiger partial charge in [0, 0.05) is 10.9 Å². The lowest BCUT2D eigenvalue weighted by Crippen LogP contribution is -2.10. The number of aromatic nitrogens is 2. The zero-order valence-electron chi connectivity index (χ0n) is 13.9. The first-order valence-corrected chi connectivity index (χ1v) is 9.36. The van der Waals surface area contributed by atoms with E-state index in [0.717, 1.165) is 16.7 Å². The molecule has 4 aromatic rings. The maximum atomic E-state index is 12.7. The van der Waals surface area contributed by atoms with Gasteiger partial charge in [-0.2, -0.15) is 5.26 Å². The van der Waals surface area contributed by atoms with Crippen LogP contribution in [-0.4, -0.2) is 9.97 Å². The summed E-state index contributed by atoms with van der Waals surface area (Å²) in [5.74, 6) is 0.304. The molecule has 130 valence electrons. The van der Waals surface area contributed by atoms with Crippen molar-refractivity contribution in [3.63, 3.8) is 0 Å². The van der Waals surface area contributed by atoms with Crippen molar-refractivity contribution in [1.82, 2.24) is 9.97 Å². The van der Waals surface area contributed by atoms with Crippen LogP contribution in [0.15, 0.2) is 64.8 Å². The topological polar surface area (TPSA) is 69.5 Å². The minimum Gasteiger partial charge on any atom is -0.305 e. The number of nitriles is 1. The van der Waals surface area contributed by atoms with Crippen molar-refractivity contribution in [2.24, 2.45) is 0 Å². The van der Waals surface area contributed by atoms with Crippen LogP contribution in [0, 0.1) is 11.3 Å². The molecule has 0 radical (unpaired) electrons. The molecule has 1 N–H and O–H groups in total. The molecule has 0 saturated carbocycles. The number of nitrogens with zero attached hydrogens (tertiary/aromatic N) is 2. The van der Waals surface area contributed by atoms with Crippen LogP contribution >= 0.6 is 22.9 Å². The summed E-state index contributed by atoms with van der Waals surface area (Å²) in [7, 11) is 0. The largest absolute Gasteiger partial charge is 0.305 e. The zero-order chi connectivity index (χ0) is 18.8. The first kappa shape index (κ1) is 17.2. The molecule has 2 aromatic heterocycles. The Morgan fingerprint density at radius 3 is 2.78 bits per heavy atom. The summed E-state index contributed by atoms with van der Waals surface area (Å²) in [5, 5.41) is 11.8. The van der Waals surface area contributed by atoms with Gasteiger partial charge < -0.3 is 4.98 Å². The second-order valence-corrected chi connectivity index (χ2v) is 7.10. The standard InChI is InChI=1S/C21H12ClN3OS/c22-17(10-13-5-4-6-14(9-13)11-23)19-24-20(26)18-16(12-27-21(18)25-19)15-7-2-1-3-8-15/h1-10,12H,(H,24,25,26). The summed E-state index contributed by atoms with van der Waals surface area (Å²) in [6, 6.07) is 18.9. The van der Waals surface area contributed by atoms with E-state index in [4.69, 9.17) is 16.9 Å². The molecule has 0 amide bonds. The number of hydrogen-bond acceptors (Lipinski definition) is 4. The van der Waals surface area contributed by atoms with Crippen LogP contribution in [0.5, 0.6) is 0 Å². The highest BCUT2D eigenvalue weighted by molar-refractivity contribution is 7.17. The third kappa shape index (κ3) is 3.41. The summed E-state index contributed by atoms with van der Waals surface area (Å²) in [5.41, 5.74) is 2.90. The van der Waals surface area contributed by atoms with E-state index >= 15 is 0 Å². The first-order chi connectivity index (χ1) is 13.2. The lowest BCUT2D eigenvalue weighted by atomic mass is 10.1. The van der Waals surface area contributed by atoms with E-state index < -0.39 is 0 Å². The highest BCUT2D eigenvalue weighted by Crippen LogP contribution is 2.31. The lowest BCUT2D eigenvalue weighted by molar-refractivity contribution is 1.14. The van der Waals surface area contributed by atoms with Gasteiger partial charge in [0.15, 0.2) is 5.82 Å². The van der Waals surface area contributed by atoms with E-state index in [1.807, 2.05) is 41.8 Å². The monoisotopic (exact) mass is 389 g/mol. The lowest BCUT2D eigenvalue weighted by Gasteiger charge is -2.02. The number of benzene rings is 2. The fourth-order valence-corrected chi connectivity index (χ4v) is 3.97. The molecule has 2 aromatic carbocycles. The van der Waals surface area contributed by atoms with Gasteiger partial charge in [0.1, 0.15) is 4.83 Å². The molecule has 4 nitrogen and oxygen atoms in total. The van der Waals surface area contributed by atoms with Gasteiger partial charge in [-0.05, 0) is 29.3 Å². The molecule has 0 atom stereocenters. The van der Waals surface area contributed by atoms with Gasteiger partial charge in [-0.1, -0.05) is 54.1 Å². The van der Waals surface area contributed by atoms with Crippen LogP contribution in [0.2, 0.25) is 0 Å². The minimum absolute atomic E-state index is 0.229. The van der Waals surface area contributed by atoms with Gasteiger partial charge in [0.25, 0.3) is 5.56 Å². The Morgan fingerprint density at radius 2 is 2.00 bits per heavy atom. The van der Waals surface area contributed by atoms with E-state index in [1.54, 1.807) is 24.3 Å². The fourth-order valence-electron chi connectivity index (χ4n) is 2.80. The van der Waals surface area contributed by atoms with E-state index in [0.29, 0.717) is 26.6 Å². The highest BCUT2D eigenvalue weighted by atomic mass is 35.5. The normalized spacial score (nSPS) is 11.5. The molecule has 4 rings (SSSR count). The molecule has 0 spiro atoms.